The van der Waals surface area contributed by atoms with Crippen molar-refractivity contribution in [1.82, 2.24) is 0 Å². The molecule has 1 atom stereocenters. The van der Waals surface area contributed by atoms with Gasteiger partial charge >= 0.3 is 29.9 Å². The number of carboxylic acid groups (broad SMARTS) is 1. The Morgan fingerprint density at radius 3 is 1.61 bits per heavy atom. The van der Waals surface area contributed by atoms with Gasteiger partial charge in [-0.2, -0.15) is 43.9 Å². The molecule has 0 saturated heterocycles. The van der Waals surface area contributed by atoms with E-state index in [0.29, 0.717) is 6.92 Å². The summed E-state index contributed by atoms with van der Waals surface area (Å²) in [5.41, 5.74) is -2.89. The van der Waals surface area contributed by atoms with Gasteiger partial charge in [0.2, 0.25) is 5.83 Å². The molecule has 0 fully saturated rings. The molecule has 0 spiro atoms. The van der Waals surface area contributed by atoms with E-state index in [4.69, 9.17) is 10.2 Å². The fourth-order valence-corrected chi connectivity index (χ4v) is 1.34. The van der Waals surface area contributed by atoms with E-state index < -0.39 is 53.8 Å². The van der Waals surface area contributed by atoms with Crippen molar-refractivity contribution in [2.24, 2.45) is 0 Å². The molecule has 2 N–H and O–H groups in total. The first-order valence-electron chi connectivity index (χ1n) is 5.41. The maximum absolute atomic E-state index is 13.5. The molecule has 0 rings (SSSR count). The Hall–Kier alpha value is -1.53. The number of rotatable bonds is 6. The minimum Gasteiger partial charge on any atom is -0.476 e. The predicted octanol–water partition coefficient (Wildman–Crippen LogP) is 3.53. The first-order chi connectivity index (χ1) is 9.91. The smallest absolute Gasteiger partial charge is 0.460 e. The Kier molecular flexibility index (Phi) is 5.76. The number of alkyl halides is 9. The molecular weight excluding hydrogens is 358 g/mol. The van der Waals surface area contributed by atoms with Crippen LogP contribution in [0.5, 0.6) is 0 Å². The van der Waals surface area contributed by atoms with E-state index >= 15 is 0 Å². The van der Waals surface area contributed by atoms with Gasteiger partial charge in [-0.05, 0) is 6.92 Å². The number of aliphatic hydroxyl groups is 1. The number of carbonyl (C=O) groups is 1. The number of hydrogen-bond acceptors (Lipinski definition) is 2. The summed E-state index contributed by atoms with van der Waals surface area (Å²) in [4.78, 5) is 10.2. The van der Waals surface area contributed by atoms with Crippen LogP contribution in [0.3, 0.4) is 0 Å². The van der Waals surface area contributed by atoms with Crippen molar-refractivity contribution in [3.63, 3.8) is 0 Å². The Bertz CT molecular complexity index is 492. The van der Waals surface area contributed by atoms with Crippen LogP contribution in [0, 0.1) is 0 Å². The number of aliphatic hydroxyl groups excluding tert-OH is 1. The summed E-state index contributed by atoms with van der Waals surface area (Å²) in [6, 6.07) is 0. The Morgan fingerprint density at radius 1 is 0.957 bits per heavy atom. The van der Waals surface area contributed by atoms with Crippen LogP contribution < -0.4 is 0 Å². The second kappa shape index (κ2) is 6.17. The highest BCUT2D eigenvalue weighted by atomic mass is 19.4. The zero-order valence-corrected chi connectivity index (χ0v) is 10.9. The van der Waals surface area contributed by atoms with Crippen LogP contribution in [0.4, 0.5) is 43.9 Å². The van der Waals surface area contributed by atoms with Gasteiger partial charge in [-0.1, -0.05) is 0 Å². The lowest BCUT2D eigenvalue weighted by Crippen LogP contribution is -2.61. The number of hydrogen-bond donors (Lipinski definition) is 2. The molecule has 0 aliphatic carbocycles. The molecule has 0 radical (unpaired) electrons. The first-order valence-corrected chi connectivity index (χ1v) is 5.41. The molecule has 136 valence electrons. The molecule has 0 heterocycles. The molecule has 1 unspecified atom stereocenters. The quantitative estimate of drug-likeness (QED) is 0.559. The van der Waals surface area contributed by atoms with Crippen molar-refractivity contribution in [2.75, 3.05) is 0 Å². The van der Waals surface area contributed by atoms with E-state index in [1.807, 2.05) is 0 Å². The molecule has 0 bridgehead atoms. The van der Waals surface area contributed by atoms with Gasteiger partial charge in [0.1, 0.15) is 0 Å². The van der Waals surface area contributed by atoms with E-state index in [1.165, 1.54) is 0 Å². The number of halogens is 10. The topological polar surface area (TPSA) is 57.5 Å². The third kappa shape index (κ3) is 3.70. The van der Waals surface area contributed by atoms with Gasteiger partial charge in [0.15, 0.2) is 0 Å². The number of aliphatic carboxylic acids is 1. The fraction of sp³-hybridized carbons (Fsp3) is 0.700. The third-order valence-corrected chi connectivity index (χ3v) is 2.48. The van der Waals surface area contributed by atoms with Crippen LogP contribution in [-0.4, -0.2) is 46.2 Å². The molecular formula is C10H8F10O3. The number of carboxylic acids is 1. The third-order valence-electron chi connectivity index (χ3n) is 2.48. The van der Waals surface area contributed by atoms with Gasteiger partial charge in [-0.25, -0.2) is 4.79 Å². The van der Waals surface area contributed by atoms with E-state index in [2.05, 4.69) is 0 Å². The molecule has 3 nitrogen and oxygen atoms in total. The van der Waals surface area contributed by atoms with Crippen molar-refractivity contribution in [3.8, 4) is 0 Å². The van der Waals surface area contributed by atoms with Gasteiger partial charge in [0.05, 0.1) is 11.7 Å². The molecule has 0 aromatic heterocycles. The summed E-state index contributed by atoms with van der Waals surface area (Å²) in [6.45, 7) is 0.561. The molecule has 13 heteroatoms. The molecule has 0 amide bonds. The van der Waals surface area contributed by atoms with E-state index in [0.717, 1.165) is 0 Å². The summed E-state index contributed by atoms with van der Waals surface area (Å²) in [5, 5.41) is 16.9. The summed E-state index contributed by atoms with van der Waals surface area (Å²) >= 11 is 0. The van der Waals surface area contributed by atoms with Crippen molar-refractivity contribution in [2.45, 2.75) is 43.4 Å². The monoisotopic (exact) mass is 366 g/mol. The highest BCUT2D eigenvalue weighted by Crippen LogP contribution is 2.56. The van der Waals surface area contributed by atoms with Crippen LogP contribution in [0.2, 0.25) is 0 Å². The molecule has 0 aromatic rings. The van der Waals surface area contributed by atoms with Crippen LogP contribution in [0.1, 0.15) is 13.3 Å². The summed E-state index contributed by atoms with van der Waals surface area (Å²) in [6.07, 6.45) is -11.2. The minimum absolute atomic E-state index is 0.561. The zero-order chi connectivity index (χ0) is 19.0. The van der Waals surface area contributed by atoms with Gasteiger partial charge < -0.3 is 10.2 Å². The molecule has 0 aliphatic heterocycles. The maximum atomic E-state index is 13.5. The fourth-order valence-electron chi connectivity index (χ4n) is 1.34. The van der Waals surface area contributed by atoms with Gasteiger partial charge in [-0.3, -0.25) is 0 Å². The van der Waals surface area contributed by atoms with Crippen LogP contribution >= 0.6 is 0 Å². The van der Waals surface area contributed by atoms with E-state index in [-0.39, 0.29) is 0 Å². The van der Waals surface area contributed by atoms with Crippen LogP contribution in [0.15, 0.2) is 11.4 Å². The average Bonchev–Trinajstić information content (AvgIpc) is 2.32. The van der Waals surface area contributed by atoms with Crippen molar-refractivity contribution < 1.29 is 58.9 Å². The first kappa shape index (κ1) is 21.5. The minimum atomic E-state index is -7.30. The zero-order valence-electron chi connectivity index (χ0n) is 10.9. The van der Waals surface area contributed by atoms with E-state index in [1.54, 1.807) is 0 Å². The van der Waals surface area contributed by atoms with Gasteiger partial charge in [0, 0.05) is 6.42 Å². The lowest BCUT2D eigenvalue weighted by atomic mass is 9.92. The molecule has 23 heavy (non-hydrogen) atoms. The highest BCUT2D eigenvalue weighted by molar-refractivity contribution is 5.85. The summed E-state index contributed by atoms with van der Waals surface area (Å²) < 4.78 is 127. The van der Waals surface area contributed by atoms with Gasteiger partial charge in [-0.15, -0.1) is 0 Å². The second-order valence-electron chi connectivity index (χ2n) is 4.37. The molecule has 0 aromatic carbocycles. The molecule has 0 saturated carbocycles. The molecule has 0 aliphatic rings. The average molecular weight is 366 g/mol. The predicted molar refractivity (Wildman–Crippen MR) is 53.0 cm³/mol. The lowest BCUT2D eigenvalue weighted by molar-refractivity contribution is -0.390. The van der Waals surface area contributed by atoms with Crippen LogP contribution in [-0.2, 0) is 4.79 Å². The lowest BCUT2D eigenvalue weighted by Gasteiger charge is -2.35. The summed E-state index contributed by atoms with van der Waals surface area (Å²) in [5.74, 6) is -27.0. The highest BCUT2D eigenvalue weighted by Gasteiger charge is 2.82. The Balaban J connectivity index is 6.38. The van der Waals surface area contributed by atoms with Gasteiger partial charge in [0.25, 0.3) is 0 Å². The standard InChI is InChI=1S/C10H8F10O3/c1-3(21)2-4(5(11)6(22)23)7(12,13)8(14,15)9(16,17)10(18,19)20/h3,21H,2H2,1H3,(H,22,23). The second-order valence-corrected chi connectivity index (χ2v) is 4.37. The SMILES string of the molecule is CC(O)CC(=C(F)C(=O)O)C(F)(F)C(F)(F)C(F)(F)C(F)(F)F. The Labute approximate surface area is 121 Å². The summed E-state index contributed by atoms with van der Waals surface area (Å²) in [7, 11) is 0. The maximum Gasteiger partial charge on any atom is 0.460 e. The van der Waals surface area contributed by atoms with E-state index in [9.17, 15) is 48.7 Å². The normalized spacial score (nSPS) is 16.9. The van der Waals surface area contributed by atoms with Crippen LogP contribution in [0.25, 0.3) is 0 Å². The van der Waals surface area contributed by atoms with Crippen molar-refractivity contribution >= 4 is 5.97 Å². The Morgan fingerprint density at radius 2 is 1.35 bits per heavy atom. The van der Waals surface area contributed by atoms with Crippen molar-refractivity contribution in [3.05, 3.63) is 11.4 Å². The van der Waals surface area contributed by atoms with Crippen molar-refractivity contribution in [1.29, 1.82) is 0 Å². The largest absolute Gasteiger partial charge is 0.476 e.